The van der Waals surface area contributed by atoms with Gasteiger partial charge in [-0.15, -0.1) is 12.1 Å². The van der Waals surface area contributed by atoms with Crippen molar-refractivity contribution in [1.82, 2.24) is 0 Å². The Bertz CT molecular complexity index is 1090. The van der Waals surface area contributed by atoms with Crippen molar-refractivity contribution in [3.63, 3.8) is 0 Å². The van der Waals surface area contributed by atoms with Gasteiger partial charge in [-0.05, 0) is 40.7 Å². The second kappa shape index (κ2) is 6.89. The molecule has 3 aromatic carbocycles. The molecule has 0 spiro atoms. The Morgan fingerprint density at radius 3 is 2.12 bits per heavy atom. The van der Waals surface area contributed by atoms with Crippen LogP contribution < -0.4 is 0 Å². The van der Waals surface area contributed by atoms with E-state index in [1.165, 1.54) is 0 Å². The fourth-order valence-corrected chi connectivity index (χ4v) is 3.11. The van der Waals surface area contributed by atoms with Gasteiger partial charge in [0, 0.05) is 4.11 Å². The fourth-order valence-electron chi connectivity index (χ4n) is 3.11. The Hall–Kier alpha value is -3.32. The maximum absolute atomic E-state index is 7.49. The predicted molar refractivity (Wildman–Crippen MR) is 110 cm³/mol. The van der Waals surface area contributed by atoms with Crippen molar-refractivity contribution >= 4 is 6.72 Å². The van der Waals surface area contributed by atoms with Gasteiger partial charge in [-0.1, -0.05) is 78.4 Å². The largest absolute Gasteiger partial charge is 0.255 e. The molecule has 1 nitrogen and oxygen atoms in total. The summed E-state index contributed by atoms with van der Waals surface area (Å²) >= 11 is 0. The van der Waals surface area contributed by atoms with Crippen LogP contribution >= 0.6 is 0 Å². The Morgan fingerprint density at radius 1 is 0.808 bits per heavy atom. The first-order valence-corrected chi connectivity index (χ1v) is 8.55. The molecule has 0 amide bonds. The minimum atomic E-state index is -2.07. The molecule has 0 atom stereocenters. The molecule has 0 unspecified atom stereocenters. The molecular formula is C25H21N. The van der Waals surface area contributed by atoms with E-state index in [2.05, 4.69) is 61.3 Å². The van der Waals surface area contributed by atoms with Crippen LogP contribution in [-0.4, -0.2) is 11.3 Å². The van der Waals surface area contributed by atoms with Crippen LogP contribution in [0.3, 0.4) is 0 Å². The summed E-state index contributed by atoms with van der Waals surface area (Å²) in [5.41, 5.74) is 5.79. The molecule has 4 rings (SSSR count). The fraction of sp³-hybridized carbons (Fsp3) is 0.0400. The summed E-state index contributed by atoms with van der Waals surface area (Å²) in [4.78, 5) is 0. The lowest BCUT2D eigenvalue weighted by Gasteiger charge is -2.17. The van der Waals surface area contributed by atoms with E-state index in [0.29, 0.717) is 5.56 Å². The maximum atomic E-state index is 7.49. The zero-order valence-electron chi connectivity index (χ0n) is 17.4. The van der Waals surface area contributed by atoms with Gasteiger partial charge < -0.3 is 0 Å². The molecule has 1 aliphatic rings. The van der Waals surface area contributed by atoms with Crippen LogP contribution in [0.25, 0.3) is 22.3 Å². The highest BCUT2D eigenvalue weighted by Crippen LogP contribution is 2.28. The first-order chi connectivity index (χ1) is 13.9. The van der Waals surface area contributed by atoms with Crippen LogP contribution in [0.15, 0.2) is 97.2 Å². The van der Waals surface area contributed by atoms with Gasteiger partial charge in [-0.3, -0.25) is 4.58 Å². The molecule has 26 heavy (non-hydrogen) atoms. The van der Waals surface area contributed by atoms with Gasteiger partial charge in [0.15, 0.2) is 0 Å². The Balaban J connectivity index is 1.58. The summed E-state index contributed by atoms with van der Waals surface area (Å²) in [6, 6.07) is 24.8. The minimum Gasteiger partial charge on any atom is -0.255 e. The van der Waals surface area contributed by atoms with E-state index in [-0.39, 0.29) is 0 Å². The van der Waals surface area contributed by atoms with Crippen molar-refractivity contribution in [1.29, 1.82) is 0 Å². The standard InChI is InChI=1S/C25H21N/c1-19-9-11-20(12-10-19)21-13-15-22(16-14-21)23-6-5-7-24(18-23)25-8-3-4-17-26(25)2/h3-18H,2H2,1H3/i1D3. The van der Waals surface area contributed by atoms with Gasteiger partial charge in [-0.2, -0.15) is 0 Å². The highest BCUT2D eigenvalue weighted by molar-refractivity contribution is 5.71. The first kappa shape index (κ1) is 13.0. The third-order valence-electron chi connectivity index (χ3n) is 4.54. The highest BCUT2D eigenvalue weighted by atomic mass is 15.0. The topological polar surface area (TPSA) is 3.01 Å². The molecular weight excluding hydrogens is 314 g/mol. The molecule has 1 heterocycles. The molecule has 1 heteroatoms. The Morgan fingerprint density at radius 2 is 1.46 bits per heavy atom. The van der Waals surface area contributed by atoms with E-state index in [1.807, 2.05) is 35.1 Å². The molecule has 1 aliphatic heterocycles. The monoisotopic (exact) mass is 338 g/mol. The van der Waals surface area contributed by atoms with Crippen LogP contribution in [0.5, 0.6) is 0 Å². The zero-order valence-corrected chi connectivity index (χ0v) is 14.4. The summed E-state index contributed by atoms with van der Waals surface area (Å²) in [6.07, 6.45) is 7.96. The molecule has 0 radical (unpaired) electrons. The predicted octanol–water partition coefficient (Wildman–Crippen LogP) is 6.01. The van der Waals surface area contributed by atoms with E-state index in [9.17, 15) is 0 Å². The van der Waals surface area contributed by atoms with E-state index in [4.69, 9.17) is 4.11 Å². The second-order valence-electron chi connectivity index (χ2n) is 6.29. The summed E-state index contributed by atoms with van der Waals surface area (Å²) in [5, 5.41) is 0. The zero-order chi connectivity index (χ0) is 20.4. The summed E-state index contributed by atoms with van der Waals surface area (Å²) < 4.78 is 24.3. The van der Waals surface area contributed by atoms with Crippen LogP contribution in [0.1, 0.15) is 15.2 Å². The second-order valence-corrected chi connectivity index (χ2v) is 6.29. The van der Waals surface area contributed by atoms with Gasteiger partial charge >= 0.3 is 0 Å². The molecule has 0 aliphatic carbocycles. The third kappa shape index (κ3) is 3.25. The quantitative estimate of drug-likeness (QED) is 0.407. The number of rotatable bonds is 3. The van der Waals surface area contributed by atoms with Gasteiger partial charge in [0.1, 0.15) is 12.2 Å². The van der Waals surface area contributed by atoms with Gasteiger partial charge in [-0.25, -0.2) is 0 Å². The van der Waals surface area contributed by atoms with Crippen LogP contribution in [0.2, 0.25) is 0 Å². The van der Waals surface area contributed by atoms with E-state index in [1.54, 1.807) is 12.1 Å². The van der Waals surface area contributed by atoms with Crippen LogP contribution in [0, 0.1) is 12.9 Å². The summed E-state index contributed by atoms with van der Waals surface area (Å²) in [5.74, 6) is 0. The number of allylic oxidation sites excluding steroid dienone is 2. The van der Waals surface area contributed by atoms with Gasteiger partial charge in [0.05, 0.1) is 6.72 Å². The highest BCUT2D eigenvalue weighted by Gasteiger charge is 2.14. The number of nitrogens with zero attached hydrogens (tertiary/aromatic N) is 1. The first-order valence-electron chi connectivity index (χ1n) is 10.1. The van der Waals surface area contributed by atoms with Crippen molar-refractivity contribution in [2.24, 2.45) is 0 Å². The average Bonchev–Trinajstić information content (AvgIpc) is 2.74. The molecule has 0 N–H and O–H groups in total. The van der Waals surface area contributed by atoms with Crippen LogP contribution in [0.4, 0.5) is 0 Å². The number of aryl methyl sites for hydroxylation is 1. The average molecular weight is 338 g/mol. The molecule has 0 bridgehead atoms. The number of hydrogen-bond donors (Lipinski definition) is 0. The van der Waals surface area contributed by atoms with Crippen molar-refractivity contribution in [3.8, 4) is 22.3 Å². The lowest BCUT2D eigenvalue weighted by molar-refractivity contribution is -0.417. The van der Waals surface area contributed by atoms with Gasteiger partial charge in [0.2, 0.25) is 0 Å². The lowest BCUT2D eigenvalue weighted by atomic mass is 9.96. The third-order valence-corrected chi connectivity index (χ3v) is 4.54. The molecule has 0 saturated carbocycles. The Labute approximate surface area is 159 Å². The van der Waals surface area contributed by atoms with Crippen molar-refractivity contribution < 1.29 is 8.69 Å². The smallest absolute Gasteiger partial charge is 0.146 e. The maximum Gasteiger partial charge on any atom is 0.146 e. The Kier molecular flexibility index (Phi) is 3.44. The number of hydrogen-bond acceptors (Lipinski definition) is 0. The number of benzene rings is 3. The SMILES string of the molecule is [2H]C([2H])([2H])c1ccc(-c2ccc(-c3cccc([C-]4C=CC=C[N+]4=C)c3)cc2)cc1. The van der Waals surface area contributed by atoms with Crippen molar-refractivity contribution in [2.45, 2.75) is 6.85 Å². The van der Waals surface area contributed by atoms with E-state index in [0.717, 1.165) is 33.9 Å². The molecule has 0 fully saturated rings. The van der Waals surface area contributed by atoms with E-state index < -0.39 is 6.85 Å². The molecule has 3 aromatic rings. The lowest BCUT2D eigenvalue weighted by Crippen LogP contribution is -2.12. The normalized spacial score (nSPS) is 15.5. The summed E-state index contributed by atoms with van der Waals surface area (Å²) in [6.45, 7) is 1.98. The molecule has 0 saturated heterocycles. The van der Waals surface area contributed by atoms with Crippen molar-refractivity contribution in [3.05, 3.63) is 114 Å². The van der Waals surface area contributed by atoms with Crippen LogP contribution in [-0.2, 0) is 0 Å². The summed E-state index contributed by atoms with van der Waals surface area (Å²) in [7, 11) is 0. The van der Waals surface area contributed by atoms with Gasteiger partial charge in [0.25, 0.3) is 0 Å². The van der Waals surface area contributed by atoms with E-state index >= 15 is 0 Å². The molecule has 126 valence electrons. The molecule has 0 aromatic heterocycles. The van der Waals surface area contributed by atoms with Crippen molar-refractivity contribution in [2.75, 3.05) is 0 Å². The minimum absolute atomic E-state index is 0.359.